The van der Waals surface area contributed by atoms with Gasteiger partial charge in [0.15, 0.2) is 0 Å². The van der Waals surface area contributed by atoms with Crippen LogP contribution < -0.4 is 10.1 Å². The fraction of sp³-hybridized carbons (Fsp3) is 0.143. The highest BCUT2D eigenvalue weighted by Crippen LogP contribution is 2.21. The lowest BCUT2D eigenvalue weighted by atomic mass is 10.1. The van der Waals surface area contributed by atoms with Gasteiger partial charge in [0.25, 0.3) is 0 Å². The van der Waals surface area contributed by atoms with E-state index in [4.69, 9.17) is 16.3 Å². The number of halogens is 2. The molecule has 0 bridgehead atoms. The van der Waals surface area contributed by atoms with Crippen molar-refractivity contribution < 1.29 is 9.13 Å². The summed E-state index contributed by atoms with van der Waals surface area (Å²) < 4.78 is 19.0. The summed E-state index contributed by atoms with van der Waals surface area (Å²) in [7, 11) is 0. The molecule has 4 heteroatoms. The van der Waals surface area contributed by atoms with Crippen molar-refractivity contribution in [2.24, 2.45) is 0 Å². The highest BCUT2D eigenvalue weighted by molar-refractivity contribution is 6.31. The first kappa shape index (κ1) is 17.3. The Morgan fingerprint density at radius 3 is 2.52 bits per heavy atom. The highest BCUT2D eigenvalue weighted by atomic mass is 35.5. The summed E-state index contributed by atoms with van der Waals surface area (Å²) in [6.07, 6.45) is 0. The Morgan fingerprint density at radius 1 is 0.960 bits per heavy atom. The standard InChI is InChI=1S/C21H19ClFNO/c1-15-5-7-16(8-6-15)14-25-19-4-2-3-17(11-19)13-24-18-9-10-21(23)20(22)12-18/h2-12,24H,13-14H2,1H3. The average molecular weight is 356 g/mol. The molecule has 2 nitrogen and oxygen atoms in total. The van der Waals surface area contributed by atoms with Crippen LogP contribution in [0.3, 0.4) is 0 Å². The maximum atomic E-state index is 13.2. The number of nitrogens with one attached hydrogen (secondary N) is 1. The summed E-state index contributed by atoms with van der Waals surface area (Å²) in [6.45, 7) is 3.20. The predicted octanol–water partition coefficient (Wildman–Crippen LogP) is 5.98. The first-order chi connectivity index (χ1) is 12.1. The molecule has 3 rings (SSSR count). The molecule has 0 aliphatic rings. The van der Waals surface area contributed by atoms with Gasteiger partial charge in [0.2, 0.25) is 0 Å². The fourth-order valence-electron chi connectivity index (χ4n) is 2.41. The molecule has 0 amide bonds. The van der Waals surface area contributed by atoms with Crippen LogP contribution >= 0.6 is 11.6 Å². The van der Waals surface area contributed by atoms with Crippen molar-refractivity contribution in [1.82, 2.24) is 0 Å². The van der Waals surface area contributed by atoms with Crippen molar-refractivity contribution >= 4 is 17.3 Å². The summed E-state index contributed by atoms with van der Waals surface area (Å²) in [6, 6.07) is 20.8. The van der Waals surface area contributed by atoms with Crippen LogP contribution in [-0.2, 0) is 13.2 Å². The fourth-order valence-corrected chi connectivity index (χ4v) is 2.59. The molecule has 25 heavy (non-hydrogen) atoms. The van der Waals surface area contributed by atoms with Gasteiger partial charge in [0, 0.05) is 12.2 Å². The van der Waals surface area contributed by atoms with Crippen LogP contribution in [0.4, 0.5) is 10.1 Å². The molecule has 0 spiro atoms. The van der Waals surface area contributed by atoms with E-state index in [-0.39, 0.29) is 5.02 Å². The number of ether oxygens (including phenoxy) is 1. The van der Waals surface area contributed by atoms with E-state index in [1.54, 1.807) is 12.1 Å². The van der Waals surface area contributed by atoms with Crippen molar-refractivity contribution in [3.05, 3.63) is 94.3 Å². The molecule has 0 saturated heterocycles. The van der Waals surface area contributed by atoms with Gasteiger partial charge >= 0.3 is 0 Å². The molecule has 0 heterocycles. The molecule has 0 aliphatic carbocycles. The van der Waals surface area contributed by atoms with Gasteiger partial charge in [-0.25, -0.2) is 4.39 Å². The van der Waals surface area contributed by atoms with Crippen LogP contribution in [0.15, 0.2) is 66.7 Å². The number of hydrogen-bond donors (Lipinski definition) is 1. The Kier molecular flexibility index (Phi) is 5.56. The molecule has 0 aromatic heterocycles. The lowest BCUT2D eigenvalue weighted by Gasteiger charge is -2.10. The van der Waals surface area contributed by atoms with Crippen LogP contribution in [0.2, 0.25) is 5.02 Å². The van der Waals surface area contributed by atoms with Gasteiger partial charge in [0.05, 0.1) is 5.02 Å². The predicted molar refractivity (Wildman–Crippen MR) is 101 cm³/mol. The third kappa shape index (κ3) is 4.97. The van der Waals surface area contributed by atoms with Crippen molar-refractivity contribution in [2.45, 2.75) is 20.1 Å². The van der Waals surface area contributed by atoms with Crippen LogP contribution in [0.5, 0.6) is 5.75 Å². The molecular weight excluding hydrogens is 337 g/mol. The van der Waals surface area contributed by atoms with Crippen LogP contribution in [0.1, 0.15) is 16.7 Å². The largest absolute Gasteiger partial charge is 0.489 e. The topological polar surface area (TPSA) is 21.3 Å². The van der Waals surface area contributed by atoms with Gasteiger partial charge in [-0.3, -0.25) is 0 Å². The van der Waals surface area contributed by atoms with E-state index < -0.39 is 5.82 Å². The molecule has 0 atom stereocenters. The maximum absolute atomic E-state index is 13.2. The van der Waals surface area contributed by atoms with Crippen molar-refractivity contribution in [2.75, 3.05) is 5.32 Å². The molecule has 0 aliphatic heterocycles. The van der Waals surface area contributed by atoms with Gasteiger partial charge in [-0.15, -0.1) is 0 Å². The van der Waals surface area contributed by atoms with Gasteiger partial charge in [-0.1, -0.05) is 53.6 Å². The molecule has 1 N–H and O–H groups in total. The van der Waals surface area contributed by atoms with Gasteiger partial charge in [0.1, 0.15) is 18.2 Å². The second-order valence-corrected chi connectivity index (χ2v) is 6.31. The summed E-state index contributed by atoms with van der Waals surface area (Å²) in [5.74, 6) is 0.399. The van der Waals surface area contributed by atoms with Crippen molar-refractivity contribution in [3.63, 3.8) is 0 Å². The highest BCUT2D eigenvalue weighted by Gasteiger charge is 2.02. The van der Waals surface area contributed by atoms with Gasteiger partial charge < -0.3 is 10.1 Å². The number of aryl methyl sites for hydroxylation is 1. The molecule has 128 valence electrons. The summed E-state index contributed by atoms with van der Waals surface area (Å²) in [5, 5.41) is 3.34. The molecule has 0 saturated carbocycles. The summed E-state index contributed by atoms with van der Waals surface area (Å²) in [4.78, 5) is 0. The van der Waals surface area contributed by atoms with Gasteiger partial charge in [-0.2, -0.15) is 0 Å². The van der Waals surface area contributed by atoms with E-state index >= 15 is 0 Å². The minimum absolute atomic E-state index is 0.111. The van der Waals surface area contributed by atoms with Crippen LogP contribution in [0, 0.1) is 12.7 Å². The number of benzene rings is 3. The van der Waals surface area contributed by atoms with E-state index in [1.807, 2.05) is 24.3 Å². The molecule has 0 unspecified atom stereocenters. The second kappa shape index (κ2) is 8.04. The molecule has 3 aromatic rings. The number of anilines is 1. The Labute approximate surface area is 152 Å². The van der Waals surface area contributed by atoms with Gasteiger partial charge in [-0.05, 0) is 48.4 Å². The first-order valence-electron chi connectivity index (χ1n) is 8.06. The van der Waals surface area contributed by atoms with Crippen molar-refractivity contribution in [3.8, 4) is 5.75 Å². The SMILES string of the molecule is Cc1ccc(COc2cccc(CNc3ccc(F)c(Cl)c3)c2)cc1. The van der Waals surface area contributed by atoms with Crippen LogP contribution in [0.25, 0.3) is 0 Å². The smallest absolute Gasteiger partial charge is 0.141 e. The Bertz CT molecular complexity index is 849. The number of hydrogen-bond acceptors (Lipinski definition) is 2. The molecule has 3 aromatic carbocycles. The normalized spacial score (nSPS) is 10.5. The van der Waals surface area contributed by atoms with Crippen LogP contribution in [-0.4, -0.2) is 0 Å². The van der Waals surface area contributed by atoms with E-state index in [1.165, 1.54) is 11.6 Å². The summed E-state index contributed by atoms with van der Waals surface area (Å²) >= 11 is 5.79. The lowest BCUT2D eigenvalue weighted by Crippen LogP contribution is -2.01. The van der Waals surface area contributed by atoms with E-state index in [9.17, 15) is 4.39 Å². The minimum atomic E-state index is -0.418. The molecular formula is C21H19ClFNO. The van der Waals surface area contributed by atoms with Crippen molar-refractivity contribution in [1.29, 1.82) is 0 Å². The minimum Gasteiger partial charge on any atom is -0.489 e. The van der Waals surface area contributed by atoms with E-state index in [0.717, 1.165) is 22.6 Å². The Balaban J connectivity index is 1.59. The van der Waals surface area contributed by atoms with E-state index in [0.29, 0.717) is 13.2 Å². The lowest BCUT2D eigenvalue weighted by molar-refractivity contribution is 0.306. The third-order valence-electron chi connectivity index (χ3n) is 3.84. The zero-order valence-electron chi connectivity index (χ0n) is 13.9. The zero-order chi connectivity index (χ0) is 17.6. The second-order valence-electron chi connectivity index (χ2n) is 5.90. The third-order valence-corrected chi connectivity index (χ3v) is 4.13. The number of rotatable bonds is 6. The Morgan fingerprint density at radius 2 is 1.76 bits per heavy atom. The maximum Gasteiger partial charge on any atom is 0.141 e. The zero-order valence-corrected chi connectivity index (χ0v) is 14.7. The quantitative estimate of drug-likeness (QED) is 0.587. The molecule has 0 fully saturated rings. The monoisotopic (exact) mass is 355 g/mol. The first-order valence-corrected chi connectivity index (χ1v) is 8.44. The summed E-state index contributed by atoms with van der Waals surface area (Å²) in [5.41, 5.74) is 4.21. The average Bonchev–Trinajstić information content (AvgIpc) is 2.63. The Hall–Kier alpha value is -2.52. The van der Waals surface area contributed by atoms with E-state index in [2.05, 4.69) is 36.5 Å². The molecule has 0 radical (unpaired) electrons.